The lowest BCUT2D eigenvalue weighted by atomic mass is 10.1. The number of benzene rings is 1. The molecule has 1 aromatic heterocycles. The maximum atomic E-state index is 11.8. The standard InChI is InChI=1S/C16H21N5O2S2/c1-11-4-5-13(8-12(11)2)21-16(24)20(17-18-21)10-19-6-7-25-14(9-19)15(22)23-3/h4-5,8,14H,6-7,9-10H2,1-3H3/t14-/m1/s1. The van der Waals surface area contributed by atoms with Crippen LogP contribution in [-0.2, 0) is 16.2 Å². The van der Waals surface area contributed by atoms with Crippen LogP contribution in [0.15, 0.2) is 18.2 Å². The zero-order valence-corrected chi connectivity index (χ0v) is 16.1. The molecule has 25 heavy (non-hydrogen) atoms. The van der Waals surface area contributed by atoms with Crippen LogP contribution in [0.25, 0.3) is 5.69 Å². The molecule has 1 aliphatic rings. The molecule has 1 atom stereocenters. The summed E-state index contributed by atoms with van der Waals surface area (Å²) < 4.78 is 8.74. The van der Waals surface area contributed by atoms with Crippen molar-refractivity contribution in [3.8, 4) is 5.69 Å². The van der Waals surface area contributed by atoms with E-state index in [2.05, 4.69) is 35.2 Å². The molecule has 9 heteroatoms. The van der Waals surface area contributed by atoms with E-state index in [1.165, 1.54) is 18.2 Å². The molecule has 1 aliphatic heterocycles. The molecule has 0 unspecified atom stereocenters. The maximum Gasteiger partial charge on any atom is 0.320 e. The predicted octanol–water partition coefficient (Wildman–Crippen LogP) is 1.96. The van der Waals surface area contributed by atoms with Gasteiger partial charge in [0, 0.05) is 18.8 Å². The fourth-order valence-electron chi connectivity index (χ4n) is 2.68. The molecule has 3 rings (SSSR count). The molecule has 1 saturated heterocycles. The molecular weight excluding hydrogens is 358 g/mol. The Bertz CT molecular complexity index is 832. The number of carbonyl (C=O) groups excluding carboxylic acids is 1. The first-order valence-electron chi connectivity index (χ1n) is 8.02. The van der Waals surface area contributed by atoms with E-state index >= 15 is 0 Å². The van der Waals surface area contributed by atoms with Crippen LogP contribution in [0.2, 0.25) is 0 Å². The molecule has 0 bridgehead atoms. The van der Waals surface area contributed by atoms with Gasteiger partial charge in [-0.15, -0.1) is 11.8 Å². The topological polar surface area (TPSA) is 65.2 Å². The van der Waals surface area contributed by atoms with E-state index in [9.17, 15) is 4.79 Å². The summed E-state index contributed by atoms with van der Waals surface area (Å²) in [6, 6.07) is 6.09. The Labute approximate surface area is 155 Å². The normalized spacial score (nSPS) is 18.3. The number of hydrogen-bond donors (Lipinski definition) is 0. The van der Waals surface area contributed by atoms with Crippen LogP contribution in [0.5, 0.6) is 0 Å². The molecule has 2 aromatic rings. The number of methoxy groups -OCH3 is 1. The van der Waals surface area contributed by atoms with Crippen molar-refractivity contribution < 1.29 is 9.53 Å². The number of hydrogen-bond acceptors (Lipinski definition) is 7. The van der Waals surface area contributed by atoms with Gasteiger partial charge in [-0.05, 0) is 59.8 Å². The van der Waals surface area contributed by atoms with Gasteiger partial charge in [0.15, 0.2) is 0 Å². The van der Waals surface area contributed by atoms with Crippen molar-refractivity contribution in [2.45, 2.75) is 25.8 Å². The lowest BCUT2D eigenvalue weighted by Gasteiger charge is -2.30. The fraction of sp³-hybridized carbons (Fsp3) is 0.500. The van der Waals surface area contributed by atoms with Crippen LogP contribution in [-0.4, -0.2) is 61.9 Å². The second-order valence-electron chi connectivity index (χ2n) is 6.04. The molecule has 1 fully saturated rings. The SMILES string of the molecule is COC(=O)[C@H]1CN(Cn2nnn(-c3ccc(C)c(C)c3)c2=S)CCS1. The van der Waals surface area contributed by atoms with Crippen LogP contribution in [0.4, 0.5) is 0 Å². The predicted molar refractivity (Wildman–Crippen MR) is 99.5 cm³/mol. The van der Waals surface area contributed by atoms with Crippen molar-refractivity contribution in [1.82, 2.24) is 24.7 Å². The van der Waals surface area contributed by atoms with Gasteiger partial charge in [0.1, 0.15) is 5.25 Å². The Kier molecular flexibility index (Phi) is 5.55. The molecular formula is C16H21N5O2S2. The van der Waals surface area contributed by atoms with Gasteiger partial charge in [-0.3, -0.25) is 9.69 Å². The van der Waals surface area contributed by atoms with Crippen LogP contribution >= 0.6 is 24.0 Å². The van der Waals surface area contributed by atoms with E-state index in [0.29, 0.717) is 18.0 Å². The van der Waals surface area contributed by atoms with Crippen molar-refractivity contribution in [1.29, 1.82) is 0 Å². The number of aryl methyl sites for hydroxylation is 2. The van der Waals surface area contributed by atoms with E-state index < -0.39 is 0 Å². The first-order chi connectivity index (χ1) is 12.0. The summed E-state index contributed by atoms with van der Waals surface area (Å²) in [4.78, 5) is 13.9. The molecule has 0 amide bonds. The zero-order valence-electron chi connectivity index (χ0n) is 14.5. The fourth-order valence-corrected chi connectivity index (χ4v) is 4.11. The molecule has 0 radical (unpaired) electrons. The van der Waals surface area contributed by atoms with Crippen LogP contribution in [0.3, 0.4) is 0 Å². The maximum absolute atomic E-state index is 11.8. The molecule has 134 valence electrons. The summed E-state index contributed by atoms with van der Waals surface area (Å²) in [5.74, 6) is 0.690. The Hall–Kier alpha value is -1.71. The number of tetrazole rings is 1. The quantitative estimate of drug-likeness (QED) is 0.594. The van der Waals surface area contributed by atoms with E-state index in [-0.39, 0.29) is 11.2 Å². The number of esters is 1. The van der Waals surface area contributed by atoms with Crippen LogP contribution in [0.1, 0.15) is 11.1 Å². The highest BCUT2D eigenvalue weighted by Crippen LogP contribution is 2.20. The zero-order chi connectivity index (χ0) is 18.0. The van der Waals surface area contributed by atoms with E-state index in [1.807, 2.05) is 12.1 Å². The minimum absolute atomic E-state index is 0.164. The lowest BCUT2D eigenvalue weighted by molar-refractivity contribution is -0.140. The average Bonchev–Trinajstić information content (AvgIpc) is 2.97. The third kappa shape index (κ3) is 3.94. The highest BCUT2D eigenvalue weighted by molar-refractivity contribution is 8.00. The summed E-state index contributed by atoms with van der Waals surface area (Å²) in [7, 11) is 1.42. The smallest absolute Gasteiger partial charge is 0.320 e. The number of aromatic nitrogens is 4. The van der Waals surface area contributed by atoms with E-state index in [0.717, 1.165) is 18.0 Å². The minimum Gasteiger partial charge on any atom is -0.468 e. The van der Waals surface area contributed by atoms with Gasteiger partial charge in [0.05, 0.1) is 19.5 Å². The van der Waals surface area contributed by atoms with Gasteiger partial charge in [-0.1, -0.05) is 6.07 Å². The van der Waals surface area contributed by atoms with Crippen molar-refractivity contribution in [2.75, 3.05) is 26.0 Å². The minimum atomic E-state index is -0.183. The van der Waals surface area contributed by atoms with Gasteiger partial charge in [0.25, 0.3) is 0 Å². The molecule has 0 N–H and O–H groups in total. The highest BCUT2D eigenvalue weighted by atomic mass is 32.2. The molecule has 2 heterocycles. The average molecular weight is 380 g/mol. The Morgan fingerprint density at radius 3 is 2.88 bits per heavy atom. The number of nitrogens with zero attached hydrogens (tertiary/aromatic N) is 5. The third-order valence-electron chi connectivity index (χ3n) is 4.32. The van der Waals surface area contributed by atoms with Crippen molar-refractivity contribution in [3.05, 3.63) is 34.1 Å². The molecule has 0 saturated carbocycles. The van der Waals surface area contributed by atoms with Gasteiger partial charge >= 0.3 is 5.97 Å². The van der Waals surface area contributed by atoms with Gasteiger partial charge in [-0.25, -0.2) is 4.68 Å². The number of ether oxygens (including phenoxy) is 1. The van der Waals surface area contributed by atoms with Crippen molar-refractivity contribution in [2.24, 2.45) is 0 Å². The van der Waals surface area contributed by atoms with Gasteiger partial charge < -0.3 is 4.74 Å². The van der Waals surface area contributed by atoms with Crippen molar-refractivity contribution >= 4 is 29.9 Å². The summed E-state index contributed by atoms with van der Waals surface area (Å²) in [5.41, 5.74) is 3.31. The van der Waals surface area contributed by atoms with E-state index in [4.69, 9.17) is 17.0 Å². The second-order valence-corrected chi connectivity index (χ2v) is 7.72. The number of rotatable bonds is 4. The number of thioether (sulfide) groups is 1. The first-order valence-corrected chi connectivity index (χ1v) is 9.47. The largest absolute Gasteiger partial charge is 0.468 e. The summed E-state index contributed by atoms with van der Waals surface area (Å²) in [5, 5.41) is 8.22. The summed E-state index contributed by atoms with van der Waals surface area (Å²) in [6.45, 7) is 6.14. The van der Waals surface area contributed by atoms with Crippen LogP contribution in [0, 0.1) is 18.6 Å². The lowest BCUT2D eigenvalue weighted by Crippen LogP contribution is -2.42. The Morgan fingerprint density at radius 1 is 1.36 bits per heavy atom. The van der Waals surface area contributed by atoms with E-state index in [1.54, 1.807) is 21.1 Å². The summed E-state index contributed by atoms with van der Waals surface area (Å²) in [6.07, 6.45) is 0. The molecule has 0 spiro atoms. The molecule has 1 aromatic carbocycles. The van der Waals surface area contributed by atoms with Gasteiger partial charge in [0.2, 0.25) is 4.77 Å². The Balaban J connectivity index is 1.76. The molecule has 7 nitrogen and oxygen atoms in total. The third-order valence-corrected chi connectivity index (χ3v) is 5.87. The summed E-state index contributed by atoms with van der Waals surface area (Å²) >= 11 is 7.16. The number of carbonyl (C=O) groups is 1. The molecule has 0 aliphatic carbocycles. The Morgan fingerprint density at radius 2 is 2.16 bits per heavy atom. The van der Waals surface area contributed by atoms with Gasteiger partial charge in [-0.2, -0.15) is 4.68 Å². The van der Waals surface area contributed by atoms with Crippen molar-refractivity contribution in [3.63, 3.8) is 0 Å². The first kappa shape index (κ1) is 18.1. The van der Waals surface area contributed by atoms with Crippen LogP contribution < -0.4 is 0 Å². The monoisotopic (exact) mass is 379 g/mol. The second kappa shape index (κ2) is 7.67. The highest BCUT2D eigenvalue weighted by Gasteiger charge is 2.27.